The van der Waals surface area contributed by atoms with E-state index in [1.54, 1.807) is 12.4 Å². The maximum Gasteiger partial charge on any atom is 0.307 e. The summed E-state index contributed by atoms with van der Waals surface area (Å²) >= 11 is 6.14. The number of nitrogens with zero attached hydrogens (tertiary/aromatic N) is 2. The van der Waals surface area contributed by atoms with Gasteiger partial charge in [-0.3, -0.25) is 14.7 Å². The molecule has 104 valence electrons. The van der Waals surface area contributed by atoms with E-state index in [1.807, 2.05) is 6.07 Å². The number of halogens is 1. The minimum absolute atomic E-state index is 0.141. The highest BCUT2D eigenvalue weighted by Gasteiger charge is 2.25. The number of ether oxygens (including phenoxy) is 1. The van der Waals surface area contributed by atoms with Gasteiger partial charge >= 0.3 is 5.97 Å². The zero-order valence-electron chi connectivity index (χ0n) is 11.1. The Balaban J connectivity index is 2.03. The predicted octanol–water partition coefficient (Wildman–Crippen LogP) is 2.65. The number of rotatable bonds is 4. The maximum absolute atomic E-state index is 11.5. The molecule has 0 bridgehead atoms. The van der Waals surface area contributed by atoms with Gasteiger partial charge in [-0.15, -0.1) is 0 Å². The van der Waals surface area contributed by atoms with E-state index in [2.05, 4.69) is 9.88 Å². The van der Waals surface area contributed by atoms with Crippen LogP contribution in [0.3, 0.4) is 0 Å². The largest absolute Gasteiger partial charge is 0.469 e. The predicted molar refractivity (Wildman–Crippen MR) is 73.9 cm³/mol. The minimum Gasteiger partial charge on any atom is -0.469 e. The van der Waals surface area contributed by atoms with E-state index in [0.29, 0.717) is 11.4 Å². The first-order valence-electron chi connectivity index (χ1n) is 6.60. The number of piperidine rings is 1. The van der Waals surface area contributed by atoms with E-state index < -0.39 is 0 Å². The van der Waals surface area contributed by atoms with Crippen molar-refractivity contribution in [3.8, 4) is 0 Å². The Hall–Kier alpha value is -1.13. The number of likely N-dealkylation sites (tertiary alicyclic amines) is 1. The van der Waals surface area contributed by atoms with Gasteiger partial charge in [0, 0.05) is 25.0 Å². The average Bonchev–Trinajstić information content (AvgIpc) is 2.43. The normalized spacial score (nSPS) is 20.2. The molecule has 0 amide bonds. The number of esters is 1. The monoisotopic (exact) mass is 282 g/mol. The van der Waals surface area contributed by atoms with Gasteiger partial charge in [0.05, 0.1) is 18.6 Å². The van der Waals surface area contributed by atoms with Crippen LogP contribution in [0.1, 0.15) is 31.2 Å². The van der Waals surface area contributed by atoms with Crippen LogP contribution >= 0.6 is 11.6 Å². The Morgan fingerprint density at radius 2 is 2.42 bits per heavy atom. The van der Waals surface area contributed by atoms with Crippen LogP contribution in [0.5, 0.6) is 0 Å². The van der Waals surface area contributed by atoms with Gasteiger partial charge in [-0.05, 0) is 31.0 Å². The van der Waals surface area contributed by atoms with E-state index in [0.717, 1.165) is 25.1 Å². The van der Waals surface area contributed by atoms with Crippen LogP contribution in [0.25, 0.3) is 0 Å². The maximum atomic E-state index is 11.5. The molecule has 5 heteroatoms. The molecule has 0 aliphatic carbocycles. The summed E-state index contributed by atoms with van der Waals surface area (Å²) in [5.74, 6) is -0.141. The molecule has 0 aromatic carbocycles. The van der Waals surface area contributed by atoms with Crippen molar-refractivity contribution in [3.63, 3.8) is 0 Å². The summed E-state index contributed by atoms with van der Waals surface area (Å²) in [6, 6.07) is 2.19. The quantitative estimate of drug-likeness (QED) is 0.796. The van der Waals surface area contributed by atoms with Crippen LogP contribution < -0.4 is 0 Å². The van der Waals surface area contributed by atoms with Crippen molar-refractivity contribution in [2.75, 3.05) is 13.7 Å². The van der Waals surface area contributed by atoms with Crippen LogP contribution in [0, 0.1) is 0 Å². The van der Waals surface area contributed by atoms with Crippen molar-refractivity contribution in [1.29, 1.82) is 0 Å². The summed E-state index contributed by atoms with van der Waals surface area (Å²) in [6.45, 7) is 1.77. The SMILES string of the molecule is COC(=O)CC1CCCCN1Cc1ccncc1Cl. The summed E-state index contributed by atoms with van der Waals surface area (Å²) < 4.78 is 4.77. The Bertz CT molecular complexity index is 439. The van der Waals surface area contributed by atoms with Crippen molar-refractivity contribution < 1.29 is 9.53 Å². The fraction of sp³-hybridized carbons (Fsp3) is 0.571. The molecule has 1 aromatic heterocycles. The van der Waals surface area contributed by atoms with Crippen LogP contribution in [-0.2, 0) is 16.1 Å². The Kier molecular flexibility index (Phi) is 5.16. The molecule has 19 heavy (non-hydrogen) atoms. The summed E-state index contributed by atoms with van der Waals surface area (Å²) in [7, 11) is 1.44. The lowest BCUT2D eigenvalue weighted by atomic mass is 9.98. The molecule has 4 nitrogen and oxygen atoms in total. The summed E-state index contributed by atoms with van der Waals surface area (Å²) in [5, 5.41) is 0.685. The zero-order valence-corrected chi connectivity index (χ0v) is 11.9. The van der Waals surface area contributed by atoms with Crippen molar-refractivity contribution in [3.05, 3.63) is 29.0 Å². The van der Waals surface area contributed by atoms with Gasteiger partial charge in [0.1, 0.15) is 0 Å². The van der Waals surface area contributed by atoms with Crippen LogP contribution in [0.15, 0.2) is 18.5 Å². The highest BCUT2D eigenvalue weighted by Crippen LogP contribution is 2.24. The second-order valence-electron chi connectivity index (χ2n) is 4.87. The van der Waals surface area contributed by atoms with Crippen molar-refractivity contribution >= 4 is 17.6 Å². The Labute approximate surface area is 118 Å². The molecule has 1 unspecified atom stereocenters. The van der Waals surface area contributed by atoms with E-state index >= 15 is 0 Å². The molecule has 0 N–H and O–H groups in total. The van der Waals surface area contributed by atoms with Crippen molar-refractivity contribution in [1.82, 2.24) is 9.88 Å². The van der Waals surface area contributed by atoms with Gasteiger partial charge in [0.25, 0.3) is 0 Å². The van der Waals surface area contributed by atoms with Gasteiger partial charge in [0.15, 0.2) is 0 Å². The molecule has 1 saturated heterocycles. The van der Waals surface area contributed by atoms with Gasteiger partial charge in [-0.2, -0.15) is 0 Å². The molecule has 1 fully saturated rings. The molecular weight excluding hydrogens is 264 g/mol. The molecule has 1 aliphatic heterocycles. The number of pyridine rings is 1. The highest BCUT2D eigenvalue weighted by atomic mass is 35.5. The van der Waals surface area contributed by atoms with Crippen LogP contribution in [0.4, 0.5) is 0 Å². The number of carbonyl (C=O) groups is 1. The summed E-state index contributed by atoms with van der Waals surface area (Å²) in [5.41, 5.74) is 1.06. The molecule has 0 radical (unpaired) electrons. The fourth-order valence-corrected chi connectivity index (χ4v) is 2.71. The summed E-state index contributed by atoms with van der Waals surface area (Å²) in [6.07, 6.45) is 7.25. The zero-order chi connectivity index (χ0) is 13.7. The molecule has 0 spiro atoms. The van der Waals surface area contributed by atoms with E-state index in [4.69, 9.17) is 16.3 Å². The second-order valence-corrected chi connectivity index (χ2v) is 5.27. The first kappa shape index (κ1) is 14.3. The van der Waals surface area contributed by atoms with E-state index in [-0.39, 0.29) is 12.0 Å². The van der Waals surface area contributed by atoms with Gasteiger partial charge in [-0.1, -0.05) is 18.0 Å². The molecular formula is C14H19ClN2O2. The van der Waals surface area contributed by atoms with Crippen molar-refractivity contribution in [2.45, 2.75) is 38.3 Å². The fourth-order valence-electron chi connectivity index (χ4n) is 2.53. The van der Waals surface area contributed by atoms with Crippen LogP contribution in [-0.4, -0.2) is 35.5 Å². The number of hydrogen-bond acceptors (Lipinski definition) is 4. The topological polar surface area (TPSA) is 42.4 Å². The van der Waals surface area contributed by atoms with E-state index in [1.165, 1.54) is 20.0 Å². The lowest BCUT2D eigenvalue weighted by Crippen LogP contribution is -2.40. The Morgan fingerprint density at radius 1 is 1.58 bits per heavy atom. The summed E-state index contributed by atoms with van der Waals surface area (Å²) in [4.78, 5) is 17.8. The number of hydrogen-bond donors (Lipinski definition) is 0. The third-order valence-electron chi connectivity index (χ3n) is 3.61. The molecule has 1 aliphatic rings. The number of carbonyl (C=O) groups excluding carboxylic acids is 1. The second kappa shape index (κ2) is 6.87. The third kappa shape index (κ3) is 3.91. The first-order valence-corrected chi connectivity index (χ1v) is 6.97. The molecule has 0 saturated carbocycles. The first-order chi connectivity index (χ1) is 9.20. The number of aromatic nitrogens is 1. The van der Waals surface area contributed by atoms with Gasteiger partial charge in [-0.25, -0.2) is 0 Å². The van der Waals surface area contributed by atoms with E-state index in [9.17, 15) is 4.79 Å². The minimum atomic E-state index is -0.141. The molecule has 2 heterocycles. The third-order valence-corrected chi connectivity index (χ3v) is 3.95. The van der Waals surface area contributed by atoms with Gasteiger partial charge in [0.2, 0.25) is 0 Å². The lowest BCUT2D eigenvalue weighted by molar-refractivity contribution is -0.142. The van der Waals surface area contributed by atoms with Gasteiger partial charge < -0.3 is 4.74 Å². The van der Waals surface area contributed by atoms with Crippen molar-refractivity contribution in [2.24, 2.45) is 0 Å². The standard InChI is InChI=1S/C14H19ClN2O2/c1-19-14(18)8-12-4-2-3-7-17(12)10-11-5-6-16-9-13(11)15/h5-6,9,12H,2-4,7-8,10H2,1H3. The Morgan fingerprint density at radius 3 is 3.16 bits per heavy atom. The average molecular weight is 283 g/mol. The smallest absolute Gasteiger partial charge is 0.307 e. The lowest BCUT2D eigenvalue weighted by Gasteiger charge is -2.35. The van der Waals surface area contributed by atoms with Crippen LogP contribution in [0.2, 0.25) is 5.02 Å². The molecule has 2 rings (SSSR count). The molecule has 1 aromatic rings. The number of methoxy groups -OCH3 is 1. The highest BCUT2D eigenvalue weighted by molar-refractivity contribution is 6.31. The molecule has 1 atom stereocenters.